The zero-order valence-electron chi connectivity index (χ0n) is 45.7. The first kappa shape index (κ1) is 66.6. The normalized spacial score (nSPS) is 13.1. The van der Waals surface area contributed by atoms with E-state index < -0.39 is 6.10 Å². The number of rotatable bonds is 50. The van der Waals surface area contributed by atoms with Crippen LogP contribution in [0.15, 0.2) is 134 Å². The molecule has 0 fully saturated rings. The Morgan fingerprint density at radius 3 is 0.958 bits per heavy atom. The van der Waals surface area contributed by atoms with E-state index in [9.17, 15) is 14.4 Å². The molecule has 1 unspecified atom stereocenters. The van der Waals surface area contributed by atoms with Crippen molar-refractivity contribution in [3.63, 3.8) is 0 Å². The molecular weight excluding hydrogens is 877 g/mol. The molecule has 0 spiro atoms. The molecule has 0 aliphatic heterocycles. The lowest BCUT2D eigenvalue weighted by Gasteiger charge is -2.18. The molecule has 0 aliphatic rings. The Morgan fingerprint density at radius 1 is 0.296 bits per heavy atom. The van der Waals surface area contributed by atoms with E-state index in [4.69, 9.17) is 14.2 Å². The van der Waals surface area contributed by atoms with Gasteiger partial charge in [-0.05, 0) is 116 Å². The second-order valence-electron chi connectivity index (χ2n) is 18.5. The van der Waals surface area contributed by atoms with Crippen LogP contribution in [0.1, 0.15) is 239 Å². The highest BCUT2D eigenvalue weighted by Gasteiger charge is 2.19. The fourth-order valence-corrected chi connectivity index (χ4v) is 7.48. The van der Waals surface area contributed by atoms with E-state index in [1.807, 2.05) is 0 Å². The highest BCUT2D eigenvalue weighted by molar-refractivity contribution is 5.71. The highest BCUT2D eigenvalue weighted by atomic mass is 16.6. The largest absolute Gasteiger partial charge is 0.462 e. The molecular formula is C65H104O6. The van der Waals surface area contributed by atoms with Gasteiger partial charge in [-0.2, -0.15) is 0 Å². The summed E-state index contributed by atoms with van der Waals surface area (Å²) in [5, 5.41) is 0. The summed E-state index contributed by atoms with van der Waals surface area (Å²) in [7, 11) is 0. The third kappa shape index (κ3) is 56.3. The standard InChI is InChI=1S/C65H104O6/c1-4-7-10-13-16-19-22-25-28-30-32-34-37-40-43-46-49-52-55-58-64(67)70-61-62(60-69-63(66)57-54-51-48-45-42-39-36-27-24-21-18-15-12-9-6-3)71-65(68)59-56-53-50-47-44-41-38-35-33-31-29-26-23-20-17-14-11-8-5-2/h7-12,15-21,24-26,28-29,32,34,40,43,62H,4-6,13-14,22-23,27,30-31,33,35-39,41-42,44-61H2,1-3H3/b10-7-,11-8-,12-9-,18-15-,19-16-,20-17-,24-21-,28-25-,29-26-,34-32-,43-40-. The van der Waals surface area contributed by atoms with Crippen LogP contribution in [0.2, 0.25) is 0 Å². The number of hydrogen-bond donors (Lipinski definition) is 0. The molecule has 0 amide bonds. The lowest BCUT2D eigenvalue weighted by atomic mass is 10.1. The van der Waals surface area contributed by atoms with E-state index in [1.54, 1.807) is 0 Å². The Morgan fingerprint density at radius 2 is 0.577 bits per heavy atom. The Labute approximate surface area is 436 Å². The monoisotopic (exact) mass is 981 g/mol. The quantitative estimate of drug-likeness (QED) is 0.0199. The number of ether oxygens (including phenoxy) is 3. The molecule has 0 aromatic rings. The lowest BCUT2D eigenvalue weighted by Crippen LogP contribution is -2.30. The van der Waals surface area contributed by atoms with Crippen LogP contribution >= 0.6 is 0 Å². The zero-order chi connectivity index (χ0) is 51.4. The Balaban J connectivity index is 4.49. The molecule has 400 valence electrons. The Kier molecular flexibility index (Phi) is 54.5. The Hall–Kier alpha value is -4.45. The SMILES string of the molecule is CC\C=C/C=C\C=C/CCCCCCCCCC(=O)OCC(COC(=O)CCCCC/C=C\C/C=C\C/C=C\C/C=C\C/C=C\CC)OC(=O)CCCCCCCCCCC/C=C\C/C=C\C/C=C\CC. The number of carbonyl (C=O) groups excluding carboxylic acids is 3. The molecule has 0 saturated heterocycles. The van der Waals surface area contributed by atoms with Gasteiger partial charge in [-0.15, -0.1) is 0 Å². The summed E-state index contributed by atoms with van der Waals surface area (Å²) in [4.78, 5) is 38.2. The second kappa shape index (κ2) is 58.1. The van der Waals surface area contributed by atoms with E-state index >= 15 is 0 Å². The molecule has 0 saturated carbocycles. The summed E-state index contributed by atoms with van der Waals surface area (Å²) in [6.45, 7) is 6.24. The molecule has 71 heavy (non-hydrogen) atoms. The van der Waals surface area contributed by atoms with Crippen molar-refractivity contribution < 1.29 is 28.6 Å². The van der Waals surface area contributed by atoms with Gasteiger partial charge in [-0.3, -0.25) is 14.4 Å². The maximum absolute atomic E-state index is 12.9. The number of hydrogen-bond acceptors (Lipinski definition) is 6. The molecule has 0 aromatic carbocycles. The van der Waals surface area contributed by atoms with Crippen molar-refractivity contribution in [1.82, 2.24) is 0 Å². The first-order valence-electron chi connectivity index (χ1n) is 28.7. The first-order chi connectivity index (χ1) is 35.0. The van der Waals surface area contributed by atoms with Gasteiger partial charge in [0.1, 0.15) is 13.2 Å². The molecule has 0 bridgehead atoms. The van der Waals surface area contributed by atoms with E-state index in [-0.39, 0.29) is 31.1 Å². The average molecular weight is 982 g/mol. The second-order valence-corrected chi connectivity index (χ2v) is 18.5. The van der Waals surface area contributed by atoms with E-state index in [2.05, 4.69) is 154 Å². The van der Waals surface area contributed by atoms with Gasteiger partial charge in [0.25, 0.3) is 0 Å². The molecule has 0 aliphatic carbocycles. The van der Waals surface area contributed by atoms with E-state index in [0.717, 1.165) is 135 Å². The predicted octanol–water partition coefficient (Wildman–Crippen LogP) is 19.4. The van der Waals surface area contributed by atoms with Gasteiger partial charge in [0.2, 0.25) is 0 Å². The Bertz CT molecular complexity index is 1550. The fourth-order valence-electron chi connectivity index (χ4n) is 7.48. The van der Waals surface area contributed by atoms with Gasteiger partial charge >= 0.3 is 17.9 Å². The third-order valence-corrected chi connectivity index (χ3v) is 11.7. The summed E-state index contributed by atoms with van der Waals surface area (Å²) in [6, 6.07) is 0. The van der Waals surface area contributed by atoms with Gasteiger partial charge in [0.15, 0.2) is 6.10 Å². The van der Waals surface area contributed by atoms with Crippen LogP contribution in [0.4, 0.5) is 0 Å². The van der Waals surface area contributed by atoms with Gasteiger partial charge < -0.3 is 14.2 Å². The van der Waals surface area contributed by atoms with Crippen molar-refractivity contribution in [2.75, 3.05) is 13.2 Å². The molecule has 6 nitrogen and oxygen atoms in total. The van der Waals surface area contributed by atoms with Crippen LogP contribution < -0.4 is 0 Å². The minimum Gasteiger partial charge on any atom is -0.462 e. The van der Waals surface area contributed by atoms with Gasteiger partial charge in [0, 0.05) is 19.3 Å². The number of carbonyl (C=O) groups is 3. The average Bonchev–Trinajstić information content (AvgIpc) is 3.37. The van der Waals surface area contributed by atoms with Gasteiger partial charge in [0.05, 0.1) is 0 Å². The molecule has 1 atom stereocenters. The first-order valence-corrected chi connectivity index (χ1v) is 28.7. The van der Waals surface area contributed by atoms with E-state index in [1.165, 1.54) is 64.2 Å². The molecule has 0 aromatic heterocycles. The lowest BCUT2D eigenvalue weighted by molar-refractivity contribution is -0.167. The third-order valence-electron chi connectivity index (χ3n) is 11.7. The number of esters is 3. The van der Waals surface area contributed by atoms with E-state index in [0.29, 0.717) is 19.3 Å². The van der Waals surface area contributed by atoms with Crippen LogP contribution in [-0.2, 0) is 28.6 Å². The van der Waals surface area contributed by atoms with Crippen LogP contribution in [0.25, 0.3) is 0 Å². The highest BCUT2D eigenvalue weighted by Crippen LogP contribution is 2.14. The maximum atomic E-state index is 12.9. The maximum Gasteiger partial charge on any atom is 0.306 e. The fraction of sp³-hybridized carbons (Fsp3) is 0.615. The van der Waals surface area contributed by atoms with Crippen molar-refractivity contribution in [3.05, 3.63) is 134 Å². The minimum absolute atomic E-state index is 0.102. The minimum atomic E-state index is -0.806. The number of unbranched alkanes of at least 4 members (excludes halogenated alkanes) is 19. The van der Waals surface area contributed by atoms with Crippen molar-refractivity contribution in [2.45, 2.75) is 245 Å². The van der Waals surface area contributed by atoms with Crippen LogP contribution in [0, 0.1) is 0 Å². The van der Waals surface area contributed by atoms with Crippen molar-refractivity contribution in [3.8, 4) is 0 Å². The molecule has 0 heterocycles. The van der Waals surface area contributed by atoms with Crippen LogP contribution in [0.5, 0.6) is 0 Å². The van der Waals surface area contributed by atoms with Crippen LogP contribution in [0.3, 0.4) is 0 Å². The number of allylic oxidation sites excluding steroid dienone is 22. The molecule has 0 N–H and O–H groups in total. The summed E-state index contributed by atoms with van der Waals surface area (Å²) in [5.74, 6) is -0.954. The van der Waals surface area contributed by atoms with Gasteiger partial charge in [-0.25, -0.2) is 0 Å². The van der Waals surface area contributed by atoms with Crippen LogP contribution in [-0.4, -0.2) is 37.2 Å². The molecule has 6 heteroatoms. The summed E-state index contributed by atoms with van der Waals surface area (Å²) in [5.41, 5.74) is 0. The summed E-state index contributed by atoms with van der Waals surface area (Å²) < 4.78 is 16.8. The summed E-state index contributed by atoms with van der Waals surface area (Å²) >= 11 is 0. The summed E-state index contributed by atoms with van der Waals surface area (Å²) in [6.07, 6.45) is 81.5. The molecule has 0 radical (unpaired) electrons. The zero-order valence-corrected chi connectivity index (χ0v) is 45.7. The topological polar surface area (TPSA) is 78.9 Å². The van der Waals surface area contributed by atoms with Gasteiger partial charge in [-0.1, -0.05) is 238 Å². The van der Waals surface area contributed by atoms with Crippen molar-refractivity contribution >= 4 is 17.9 Å². The molecule has 0 rings (SSSR count). The van der Waals surface area contributed by atoms with Crippen molar-refractivity contribution in [2.24, 2.45) is 0 Å². The predicted molar refractivity (Wildman–Crippen MR) is 306 cm³/mol. The smallest absolute Gasteiger partial charge is 0.306 e. The van der Waals surface area contributed by atoms with Crippen molar-refractivity contribution in [1.29, 1.82) is 0 Å².